The van der Waals surface area contributed by atoms with E-state index in [1.165, 1.54) is 0 Å². The lowest BCUT2D eigenvalue weighted by molar-refractivity contribution is 0.393. The minimum Gasteiger partial charge on any atom is -0.497 e. The average Bonchev–Trinajstić information content (AvgIpc) is 2.55. The van der Waals surface area contributed by atoms with Crippen LogP contribution in [0.4, 0.5) is 0 Å². The predicted molar refractivity (Wildman–Crippen MR) is 79.5 cm³/mol. The van der Waals surface area contributed by atoms with Gasteiger partial charge in [-0.3, -0.25) is 10.8 Å². The van der Waals surface area contributed by atoms with Gasteiger partial charge in [0.15, 0.2) is 0 Å². The van der Waals surface area contributed by atoms with Gasteiger partial charge in [0.25, 0.3) is 0 Å². The summed E-state index contributed by atoms with van der Waals surface area (Å²) in [4.78, 5) is 4.16. The number of rotatable bonds is 6. The standard InChI is InChI=1S/C15H19N3O3/c1-19-11-4-5-14(21-3)13(7-11)15(18-16)10-6-12(20-2)9-17-8-10/h4-9,15,18H,16H2,1-3H3. The van der Waals surface area contributed by atoms with Gasteiger partial charge in [-0.1, -0.05) is 0 Å². The lowest BCUT2D eigenvalue weighted by atomic mass is 9.99. The molecule has 1 aromatic carbocycles. The van der Waals surface area contributed by atoms with Crippen LogP contribution in [0.3, 0.4) is 0 Å². The number of hydrogen-bond donors (Lipinski definition) is 2. The molecular formula is C15H19N3O3. The van der Waals surface area contributed by atoms with Crippen molar-refractivity contribution >= 4 is 0 Å². The normalized spacial score (nSPS) is 11.8. The van der Waals surface area contributed by atoms with Gasteiger partial charge in [-0.2, -0.15) is 0 Å². The van der Waals surface area contributed by atoms with Gasteiger partial charge in [-0.15, -0.1) is 0 Å². The quantitative estimate of drug-likeness (QED) is 0.622. The Bertz CT molecular complexity index is 604. The highest BCUT2D eigenvalue weighted by molar-refractivity contribution is 5.46. The molecule has 0 fully saturated rings. The SMILES string of the molecule is COc1cncc(C(NN)c2cc(OC)ccc2OC)c1. The second-order valence-electron chi connectivity index (χ2n) is 4.37. The average molecular weight is 289 g/mol. The van der Waals surface area contributed by atoms with Gasteiger partial charge >= 0.3 is 0 Å². The van der Waals surface area contributed by atoms with Gasteiger partial charge in [0, 0.05) is 11.8 Å². The van der Waals surface area contributed by atoms with Crippen molar-refractivity contribution in [3.8, 4) is 17.2 Å². The van der Waals surface area contributed by atoms with E-state index in [9.17, 15) is 0 Å². The number of hydrogen-bond acceptors (Lipinski definition) is 6. The maximum atomic E-state index is 5.73. The molecule has 6 heteroatoms. The van der Waals surface area contributed by atoms with Crippen LogP contribution in [0.1, 0.15) is 17.2 Å². The van der Waals surface area contributed by atoms with E-state index in [0.29, 0.717) is 11.5 Å². The molecule has 1 atom stereocenters. The second-order valence-corrected chi connectivity index (χ2v) is 4.37. The van der Waals surface area contributed by atoms with E-state index in [0.717, 1.165) is 16.9 Å². The Morgan fingerprint density at radius 1 is 1.00 bits per heavy atom. The number of benzene rings is 1. The van der Waals surface area contributed by atoms with Crippen LogP contribution in [0, 0.1) is 0 Å². The molecular weight excluding hydrogens is 270 g/mol. The van der Waals surface area contributed by atoms with Crippen LogP contribution in [0.5, 0.6) is 17.2 Å². The number of ether oxygens (including phenoxy) is 3. The van der Waals surface area contributed by atoms with E-state index in [-0.39, 0.29) is 6.04 Å². The van der Waals surface area contributed by atoms with E-state index in [1.54, 1.807) is 33.7 Å². The Morgan fingerprint density at radius 2 is 1.76 bits per heavy atom. The molecule has 0 aliphatic rings. The first-order valence-corrected chi connectivity index (χ1v) is 6.40. The molecule has 112 valence electrons. The summed E-state index contributed by atoms with van der Waals surface area (Å²) in [5.41, 5.74) is 4.50. The van der Waals surface area contributed by atoms with Gasteiger partial charge < -0.3 is 14.2 Å². The Labute approximate surface area is 123 Å². The summed E-state index contributed by atoms with van der Waals surface area (Å²) in [6, 6.07) is 7.13. The zero-order valence-corrected chi connectivity index (χ0v) is 12.3. The first kappa shape index (κ1) is 15.1. The Morgan fingerprint density at radius 3 is 2.38 bits per heavy atom. The molecule has 0 spiro atoms. The van der Waals surface area contributed by atoms with Gasteiger partial charge in [0.05, 0.1) is 33.6 Å². The van der Waals surface area contributed by atoms with Crippen molar-refractivity contribution in [2.24, 2.45) is 5.84 Å². The third kappa shape index (κ3) is 3.24. The van der Waals surface area contributed by atoms with Crippen molar-refractivity contribution in [3.63, 3.8) is 0 Å². The molecule has 1 heterocycles. The molecule has 2 rings (SSSR count). The van der Waals surface area contributed by atoms with E-state index >= 15 is 0 Å². The van der Waals surface area contributed by atoms with Crippen LogP contribution >= 0.6 is 0 Å². The van der Waals surface area contributed by atoms with Crippen molar-refractivity contribution in [1.82, 2.24) is 10.4 Å². The van der Waals surface area contributed by atoms with Crippen molar-refractivity contribution < 1.29 is 14.2 Å². The fourth-order valence-corrected chi connectivity index (χ4v) is 2.14. The summed E-state index contributed by atoms with van der Waals surface area (Å²) < 4.78 is 15.9. The highest BCUT2D eigenvalue weighted by Gasteiger charge is 2.19. The number of aromatic nitrogens is 1. The molecule has 0 radical (unpaired) electrons. The smallest absolute Gasteiger partial charge is 0.137 e. The molecule has 3 N–H and O–H groups in total. The monoisotopic (exact) mass is 289 g/mol. The fraction of sp³-hybridized carbons (Fsp3) is 0.267. The molecule has 0 bridgehead atoms. The number of nitrogens with one attached hydrogen (secondary N) is 1. The minimum absolute atomic E-state index is 0.294. The summed E-state index contributed by atoms with van der Waals surface area (Å²) in [7, 11) is 4.82. The van der Waals surface area contributed by atoms with E-state index in [2.05, 4.69) is 10.4 Å². The van der Waals surface area contributed by atoms with Crippen LogP contribution < -0.4 is 25.5 Å². The Hall–Kier alpha value is -2.31. The molecule has 6 nitrogen and oxygen atoms in total. The molecule has 0 saturated heterocycles. The first-order valence-electron chi connectivity index (χ1n) is 6.40. The summed E-state index contributed by atoms with van der Waals surface area (Å²) in [6.07, 6.45) is 3.37. The molecule has 1 aromatic heterocycles. The zero-order chi connectivity index (χ0) is 15.2. The van der Waals surface area contributed by atoms with Crippen LogP contribution in [0.25, 0.3) is 0 Å². The summed E-state index contributed by atoms with van der Waals surface area (Å²) in [5, 5.41) is 0. The predicted octanol–water partition coefficient (Wildman–Crippen LogP) is 1.66. The van der Waals surface area contributed by atoms with Crippen molar-refractivity contribution in [2.75, 3.05) is 21.3 Å². The van der Waals surface area contributed by atoms with E-state index in [1.807, 2.05) is 24.3 Å². The highest BCUT2D eigenvalue weighted by Crippen LogP contribution is 2.33. The zero-order valence-electron chi connectivity index (χ0n) is 12.3. The number of nitrogens with two attached hydrogens (primary N) is 1. The summed E-state index contributed by atoms with van der Waals surface area (Å²) in [6.45, 7) is 0. The number of pyridine rings is 1. The second kappa shape index (κ2) is 6.92. The Balaban J connectivity index is 2.49. The van der Waals surface area contributed by atoms with Gasteiger partial charge in [0.1, 0.15) is 17.2 Å². The number of nitrogens with zero attached hydrogens (tertiary/aromatic N) is 1. The van der Waals surface area contributed by atoms with Crippen molar-refractivity contribution in [2.45, 2.75) is 6.04 Å². The fourth-order valence-electron chi connectivity index (χ4n) is 2.14. The topological polar surface area (TPSA) is 78.6 Å². The van der Waals surface area contributed by atoms with Crippen LogP contribution in [-0.4, -0.2) is 26.3 Å². The van der Waals surface area contributed by atoms with Gasteiger partial charge in [0.2, 0.25) is 0 Å². The molecule has 0 amide bonds. The number of hydrazine groups is 1. The Kier molecular flexibility index (Phi) is 4.97. The van der Waals surface area contributed by atoms with E-state index in [4.69, 9.17) is 20.1 Å². The largest absolute Gasteiger partial charge is 0.497 e. The number of methoxy groups -OCH3 is 3. The highest BCUT2D eigenvalue weighted by atomic mass is 16.5. The van der Waals surface area contributed by atoms with Crippen LogP contribution in [0.2, 0.25) is 0 Å². The maximum absolute atomic E-state index is 5.73. The summed E-state index contributed by atoms with van der Waals surface area (Å²) in [5.74, 6) is 7.82. The third-order valence-corrected chi connectivity index (χ3v) is 3.22. The first-order chi connectivity index (χ1) is 10.2. The van der Waals surface area contributed by atoms with Crippen molar-refractivity contribution in [1.29, 1.82) is 0 Å². The minimum atomic E-state index is -0.294. The van der Waals surface area contributed by atoms with Gasteiger partial charge in [-0.05, 0) is 29.8 Å². The molecule has 1 unspecified atom stereocenters. The lowest BCUT2D eigenvalue weighted by Crippen LogP contribution is -2.29. The molecule has 0 aliphatic carbocycles. The van der Waals surface area contributed by atoms with E-state index < -0.39 is 0 Å². The molecule has 0 saturated carbocycles. The third-order valence-electron chi connectivity index (χ3n) is 3.22. The maximum Gasteiger partial charge on any atom is 0.137 e. The van der Waals surface area contributed by atoms with Crippen LogP contribution in [-0.2, 0) is 0 Å². The van der Waals surface area contributed by atoms with Crippen molar-refractivity contribution in [3.05, 3.63) is 47.8 Å². The molecule has 2 aromatic rings. The molecule has 0 aliphatic heterocycles. The molecule has 21 heavy (non-hydrogen) atoms. The van der Waals surface area contributed by atoms with Gasteiger partial charge in [-0.25, -0.2) is 5.43 Å². The lowest BCUT2D eigenvalue weighted by Gasteiger charge is -2.20. The van der Waals surface area contributed by atoms with Crippen LogP contribution in [0.15, 0.2) is 36.7 Å². The summed E-state index contributed by atoms with van der Waals surface area (Å²) >= 11 is 0.